The lowest BCUT2D eigenvalue weighted by Gasteiger charge is -2.13. The molecule has 15 heavy (non-hydrogen) atoms. The Morgan fingerprint density at radius 1 is 1.60 bits per heavy atom. The molecule has 0 aliphatic rings. The molecule has 2 N–H and O–H groups in total. The first-order chi connectivity index (χ1) is 6.80. The van der Waals surface area contributed by atoms with Gasteiger partial charge in [-0.15, -0.1) is 0 Å². The lowest BCUT2D eigenvalue weighted by atomic mass is 9.91. The number of carboxylic acid groups (broad SMARTS) is 1. The molecule has 1 heterocycles. The van der Waals surface area contributed by atoms with Crippen LogP contribution in [0, 0.1) is 0 Å². The molecule has 0 saturated carbocycles. The van der Waals surface area contributed by atoms with Gasteiger partial charge in [0.25, 0.3) is 0 Å². The number of rotatable bonds is 3. The highest BCUT2D eigenvalue weighted by Crippen LogP contribution is 2.24. The van der Waals surface area contributed by atoms with Crippen LogP contribution in [0.15, 0.2) is 6.07 Å². The molecule has 0 aliphatic carbocycles. The second-order valence-electron chi connectivity index (χ2n) is 4.96. The Hall–Kier alpha value is -1.32. The molecule has 0 bridgehead atoms. The van der Waals surface area contributed by atoms with Gasteiger partial charge in [-0.05, 0) is 6.07 Å². The molecule has 0 aromatic carbocycles. The van der Waals surface area contributed by atoms with Crippen molar-refractivity contribution in [3.63, 3.8) is 0 Å². The van der Waals surface area contributed by atoms with E-state index in [0.29, 0.717) is 0 Å². The van der Waals surface area contributed by atoms with Gasteiger partial charge in [-0.25, -0.2) is 0 Å². The summed E-state index contributed by atoms with van der Waals surface area (Å²) in [5, 5.41) is 15.8. The fraction of sp³-hybridized carbons (Fsp3) is 0.636. The first kappa shape index (κ1) is 11.8. The zero-order valence-corrected chi connectivity index (χ0v) is 9.66. The molecule has 1 rings (SSSR count). The summed E-state index contributed by atoms with van der Waals surface area (Å²) in [5.41, 5.74) is 1.86. The molecule has 1 atom stereocenters. The average molecular weight is 210 g/mol. The Bertz CT molecular complexity index is 350. The predicted octanol–water partition coefficient (Wildman–Crippen LogP) is 2.29. The molecule has 0 aliphatic heterocycles. The van der Waals surface area contributed by atoms with Crippen molar-refractivity contribution in [3.8, 4) is 0 Å². The van der Waals surface area contributed by atoms with E-state index >= 15 is 0 Å². The van der Waals surface area contributed by atoms with Crippen LogP contribution in [0.3, 0.4) is 0 Å². The number of nitrogens with zero attached hydrogens (tertiary/aromatic N) is 1. The summed E-state index contributed by atoms with van der Waals surface area (Å²) in [6.07, 6.45) is 0.131. The summed E-state index contributed by atoms with van der Waals surface area (Å²) in [5.74, 6) is -0.805. The Morgan fingerprint density at radius 2 is 2.20 bits per heavy atom. The van der Waals surface area contributed by atoms with Crippen LogP contribution in [0.5, 0.6) is 0 Å². The van der Waals surface area contributed by atoms with Gasteiger partial charge >= 0.3 is 5.97 Å². The van der Waals surface area contributed by atoms with Gasteiger partial charge in [0.15, 0.2) is 0 Å². The zero-order chi connectivity index (χ0) is 11.6. The van der Waals surface area contributed by atoms with Gasteiger partial charge in [-0.1, -0.05) is 27.7 Å². The Kier molecular flexibility index (Phi) is 3.17. The highest BCUT2D eigenvalue weighted by atomic mass is 16.4. The first-order valence-electron chi connectivity index (χ1n) is 5.08. The minimum Gasteiger partial charge on any atom is -0.481 e. The van der Waals surface area contributed by atoms with Gasteiger partial charge in [-0.3, -0.25) is 9.89 Å². The van der Waals surface area contributed by atoms with Gasteiger partial charge in [0, 0.05) is 17.0 Å². The fourth-order valence-electron chi connectivity index (χ4n) is 1.35. The van der Waals surface area contributed by atoms with E-state index in [1.54, 1.807) is 0 Å². The molecule has 0 saturated heterocycles. The number of aliphatic carboxylic acids is 1. The number of hydrogen-bond donors (Lipinski definition) is 2. The van der Waals surface area contributed by atoms with Crippen LogP contribution in [-0.2, 0) is 10.2 Å². The summed E-state index contributed by atoms with van der Waals surface area (Å²) in [4.78, 5) is 10.6. The number of carbonyl (C=O) groups is 1. The number of carboxylic acids is 1. The lowest BCUT2D eigenvalue weighted by molar-refractivity contribution is -0.137. The second kappa shape index (κ2) is 4.04. The smallest absolute Gasteiger partial charge is 0.304 e. The minimum absolute atomic E-state index is 0.00229. The minimum atomic E-state index is -0.783. The van der Waals surface area contributed by atoms with E-state index in [-0.39, 0.29) is 17.8 Å². The number of nitrogens with one attached hydrogen (secondary N) is 1. The van der Waals surface area contributed by atoms with E-state index in [9.17, 15) is 4.79 Å². The predicted molar refractivity (Wildman–Crippen MR) is 58.0 cm³/mol. The number of aromatic nitrogens is 2. The summed E-state index contributed by atoms with van der Waals surface area (Å²) >= 11 is 0. The van der Waals surface area contributed by atoms with Crippen molar-refractivity contribution in [2.24, 2.45) is 0 Å². The van der Waals surface area contributed by atoms with Gasteiger partial charge in [0.1, 0.15) is 0 Å². The van der Waals surface area contributed by atoms with Crippen molar-refractivity contribution in [2.45, 2.75) is 45.4 Å². The third kappa shape index (κ3) is 3.08. The Labute approximate surface area is 89.7 Å². The molecule has 1 aromatic rings. The standard InChI is InChI=1S/C11H18N2O2/c1-7(5-10(14)15)8-6-9(13-12-8)11(2,3)4/h6-7H,5H2,1-4H3,(H,12,13)(H,14,15). The van der Waals surface area contributed by atoms with Crippen LogP contribution in [-0.4, -0.2) is 21.3 Å². The van der Waals surface area contributed by atoms with Crippen molar-refractivity contribution in [1.29, 1.82) is 0 Å². The molecule has 0 fully saturated rings. The van der Waals surface area contributed by atoms with Gasteiger partial charge in [0.05, 0.1) is 12.1 Å². The molecule has 4 nitrogen and oxygen atoms in total. The highest BCUT2D eigenvalue weighted by Gasteiger charge is 2.19. The third-order valence-corrected chi connectivity index (χ3v) is 2.38. The monoisotopic (exact) mass is 210 g/mol. The zero-order valence-electron chi connectivity index (χ0n) is 9.66. The lowest BCUT2D eigenvalue weighted by Crippen LogP contribution is -2.11. The van der Waals surface area contributed by atoms with Crippen molar-refractivity contribution in [2.75, 3.05) is 0 Å². The normalized spacial score (nSPS) is 13.9. The van der Waals surface area contributed by atoms with E-state index < -0.39 is 5.97 Å². The average Bonchev–Trinajstić information content (AvgIpc) is 2.48. The number of hydrogen-bond acceptors (Lipinski definition) is 2. The highest BCUT2D eigenvalue weighted by molar-refractivity contribution is 5.67. The third-order valence-electron chi connectivity index (χ3n) is 2.38. The summed E-state index contributed by atoms with van der Waals surface area (Å²) in [7, 11) is 0. The summed E-state index contributed by atoms with van der Waals surface area (Å²) < 4.78 is 0. The van der Waals surface area contributed by atoms with Crippen LogP contribution in [0.1, 0.15) is 51.4 Å². The second-order valence-corrected chi connectivity index (χ2v) is 4.96. The van der Waals surface area contributed by atoms with Crippen LogP contribution in [0.4, 0.5) is 0 Å². The van der Waals surface area contributed by atoms with Crippen LogP contribution >= 0.6 is 0 Å². The molecule has 1 aromatic heterocycles. The van der Waals surface area contributed by atoms with E-state index in [1.807, 2.05) is 13.0 Å². The van der Waals surface area contributed by atoms with E-state index in [1.165, 1.54) is 0 Å². The van der Waals surface area contributed by atoms with E-state index in [0.717, 1.165) is 11.4 Å². The maximum atomic E-state index is 10.6. The van der Waals surface area contributed by atoms with E-state index in [2.05, 4.69) is 31.0 Å². The maximum Gasteiger partial charge on any atom is 0.304 e. The molecule has 4 heteroatoms. The molecular weight excluding hydrogens is 192 g/mol. The Balaban J connectivity index is 2.80. The number of H-pyrrole nitrogens is 1. The summed E-state index contributed by atoms with van der Waals surface area (Å²) in [6.45, 7) is 8.12. The van der Waals surface area contributed by atoms with Crippen LogP contribution < -0.4 is 0 Å². The van der Waals surface area contributed by atoms with Crippen LogP contribution in [0.25, 0.3) is 0 Å². The maximum absolute atomic E-state index is 10.6. The van der Waals surface area contributed by atoms with E-state index in [4.69, 9.17) is 5.11 Å². The molecule has 0 radical (unpaired) electrons. The molecule has 0 amide bonds. The largest absolute Gasteiger partial charge is 0.481 e. The molecule has 84 valence electrons. The van der Waals surface area contributed by atoms with Crippen molar-refractivity contribution < 1.29 is 9.90 Å². The SMILES string of the molecule is CC(CC(=O)O)c1cc(C(C)(C)C)n[nH]1. The fourth-order valence-corrected chi connectivity index (χ4v) is 1.35. The summed E-state index contributed by atoms with van der Waals surface area (Å²) in [6, 6.07) is 1.95. The molecule has 0 spiro atoms. The topological polar surface area (TPSA) is 66.0 Å². The van der Waals surface area contributed by atoms with Gasteiger partial charge in [0.2, 0.25) is 0 Å². The molecule has 1 unspecified atom stereocenters. The quantitative estimate of drug-likeness (QED) is 0.804. The van der Waals surface area contributed by atoms with Crippen molar-refractivity contribution >= 4 is 5.97 Å². The number of aromatic amines is 1. The van der Waals surface area contributed by atoms with Crippen molar-refractivity contribution in [1.82, 2.24) is 10.2 Å². The van der Waals surface area contributed by atoms with Crippen molar-refractivity contribution in [3.05, 3.63) is 17.5 Å². The Morgan fingerprint density at radius 3 is 2.60 bits per heavy atom. The van der Waals surface area contributed by atoms with Gasteiger partial charge < -0.3 is 5.11 Å². The molecular formula is C11H18N2O2. The van der Waals surface area contributed by atoms with Gasteiger partial charge in [-0.2, -0.15) is 5.10 Å². The van der Waals surface area contributed by atoms with Crippen LogP contribution in [0.2, 0.25) is 0 Å². The first-order valence-corrected chi connectivity index (χ1v) is 5.08.